The Bertz CT molecular complexity index is 385. The molecule has 0 bridgehead atoms. The Morgan fingerprint density at radius 2 is 1.95 bits per heavy atom. The van der Waals surface area contributed by atoms with Gasteiger partial charge in [0.25, 0.3) is 0 Å². The third kappa shape index (κ3) is 6.43. The van der Waals surface area contributed by atoms with Crippen molar-refractivity contribution in [3.8, 4) is 0 Å². The van der Waals surface area contributed by atoms with Crippen LogP contribution in [0, 0.1) is 0 Å². The lowest BCUT2D eigenvalue weighted by Crippen LogP contribution is -2.15. The largest absolute Gasteiger partial charge is 0.416 e. The number of unbranched alkanes of at least 4 members (excludes halogenated alkanes) is 3. The van der Waals surface area contributed by atoms with Crippen LogP contribution < -0.4 is 5.32 Å². The number of halogens is 3. The smallest absolute Gasteiger partial charge is 0.313 e. The van der Waals surface area contributed by atoms with Gasteiger partial charge in [-0.1, -0.05) is 30.7 Å². The van der Waals surface area contributed by atoms with Crippen LogP contribution in [0.1, 0.15) is 36.8 Å². The Hall–Kier alpha value is -1.29. The highest BCUT2D eigenvalue weighted by Gasteiger charge is 2.30. The van der Waals surface area contributed by atoms with E-state index in [1.807, 2.05) is 6.08 Å². The molecule has 0 saturated carbocycles. The molecule has 4 heteroatoms. The van der Waals surface area contributed by atoms with Crippen molar-refractivity contribution < 1.29 is 13.2 Å². The van der Waals surface area contributed by atoms with Gasteiger partial charge in [0.15, 0.2) is 0 Å². The van der Waals surface area contributed by atoms with Gasteiger partial charge >= 0.3 is 6.18 Å². The van der Waals surface area contributed by atoms with Crippen LogP contribution >= 0.6 is 0 Å². The molecular formula is C15H20F3N. The average molecular weight is 271 g/mol. The van der Waals surface area contributed by atoms with Gasteiger partial charge in [-0.2, -0.15) is 13.2 Å². The number of benzene rings is 1. The predicted molar refractivity (Wildman–Crippen MR) is 71.8 cm³/mol. The first kappa shape index (κ1) is 15.8. The average Bonchev–Trinajstić information content (AvgIpc) is 2.37. The third-order valence-corrected chi connectivity index (χ3v) is 2.85. The second kappa shape index (κ2) is 8.00. The molecular weight excluding hydrogens is 251 g/mol. The van der Waals surface area contributed by atoms with Crippen LogP contribution in [0.4, 0.5) is 13.2 Å². The summed E-state index contributed by atoms with van der Waals surface area (Å²) in [5.74, 6) is 0. The number of hydrogen-bond donors (Lipinski definition) is 1. The van der Waals surface area contributed by atoms with Crippen molar-refractivity contribution in [2.45, 2.75) is 38.4 Å². The van der Waals surface area contributed by atoms with Crippen LogP contribution in [-0.2, 0) is 12.7 Å². The van der Waals surface area contributed by atoms with E-state index in [4.69, 9.17) is 0 Å². The minimum Gasteiger partial charge on any atom is -0.313 e. The van der Waals surface area contributed by atoms with Crippen LogP contribution in [0.5, 0.6) is 0 Å². The van der Waals surface area contributed by atoms with Gasteiger partial charge in [0.1, 0.15) is 0 Å². The first-order chi connectivity index (χ1) is 9.04. The van der Waals surface area contributed by atoms with E-state index in [0.717, 1.165) is 38.3 Å². The molecule has 0 aliphatic heterocycles. The normalized spacial score (nSPS) is 11.5. The maximum absolute atomic E-state index is 12.5. The van der Waals surface area contributed by atoms with Crippen molar-refractivity contribution in [3.63, 3.8) is 0 Å². The summed E-state index contributed by atoms with van der Waals surface area (Å²) < 4.78 is 37.5. The number of hydrogen-bond acceptors (Lipinski definition) is 1. The van der Waals surface area contributed by atoms with E-state index in [2.05, 4.69) is 11.9 Å². The standard InChI is InChI=1S/C15H20F3N/c1-2-3-4-5-6-10-19-12-13-8-7-9-14(11-13)15(16,17)18/h2,7-9,11,19H,1,3-6,10,12H2. The van der Waals surface area contributed by atoms with E-state index in [-0.39, 0.29) is 0 Å². The quantitative estimate of drug-likeness (QED) is 0.540. The zero-order valence-electron chi connectivity index (χ0n) is 11.0. The number of rotatable bonds is 8. The van der Waals surface area contributed by atoms with Gasteiger partial charge in [0.05, 0.1) is 5.56 Å². The Morgan fingerprint density at radius 1 is 1.16 bits per heavy atom. The van der Waals surface area contributed by atoms with Gasteiger partial charge in [-0.05, 0) is 37.4 Å². The van der Waals surface area contributed by atoms with Crippen molar-refractivity contribution in [2.75, 3.05) is 6.54 Å². The summed E-state index contributed by atoms with van der Waals surface area (Å²) in [4.78, 5) is 0. The summed E-state index contributed by atoms with van der Waals surface area (Å²) in [6.45, 7) is 4.96. The van der Waals surface area contributed by atoms with Gasteiger partial charge in [0.2, 0.25) is 0 Å². The summed E-state index contributed by atoms with van der Waals surface area (Å²) in [5.41, 5.74) is 0.0821. The SMILES string of the molecule is C=CCCCCCNCc1cccc(C(F)(F)F)c1. The Kier molecular flexibility index (Phi) is 6.64. The fourth-order valence-corrected chi connectivity index (χ4v) is 1.81. The molecule has 0 heterocycles. The van der Waals surface area contributed by atoms with Crippen LogP contribution in [-0.4, -0.2) is 6.54 Å². The minimum atomic E-state index is -4.26. The fraction of sp³-hybridized carbons (Fsp3) is 0.467. The topological polar surface area (TPSA) is 12.0 Å². The summed E-state index contributed by atoms with van der Waals surface area (Å²) >= 11 is 0. The van der Waals surface area contributed by atoms with Crippen molar-refractivity contribution in [1.29, 1.82) is 0 Å². The third-order valence-electron chi connectivity index (χ3n) is 2.85. The fourth-order valence-electron chi connectivity index (χ4n) is 1.81. The lowest BCUT2D eigenvalue weighted by Gasteiger charge is -2.09. The van der Waals surface area contributed by atoms with Gasteiger partial charge < -0.3 is 5.32 Å². The van der Waals surface area contributed by atoms with E-state index in [1.54, 1.807) is 6.07 Å². The number of allylic oxidation sites excluding steroid dienone is 1. The molecule has 0 atom stereocenters. The summed E-state index contributed by atoms with van der Waals surface area (Å²) in [6.07, 6.45) is 1.92. The molecule has 0 aromatic heterocycles. The molecule has 1 rings (SSSR count). The minimum absolute atomic E-state index is 0.478. The maximum Gasteiger partial charge on any atom is 0.416 e. The molecule has 1 N–H and O–H groups in total. The Labute approximate surface area is 112 Å². The molecule has 0 unspecified atom stereocenters. The molecule has 1 nitrogen and oxygen atoms in total. The summed E-state index contributed by atoms with van der Waals surface area (Å²) in [6, 6.07) is 5.45. The number of nitrogens with one attached hydrogen (secondary N) is 1. The number of alkyl halides is 3. The van der Waals surface area contributed by atoms with E-state index in [1.165, 1.54) is 12.1 Å². The molecule has 19 heavy (non-hydrogen) atoms. The molecule has 106 valence electrons. The molecule has 0 radical (unpaired) electrons. The van der Waals surface area contributed by atoms with Crippen molar-refractivity contribution in [2.24, 2.45) is 0 Å². The van der Waals surface area contributed by atoms with Crippen LogP contribution in [0.2, 0.25) is 0 Å². The maximum atomic E-state index is 12.5. The molecule has 0 fully saturated rings. The molecule has 0 spiro atoms. The Morgan fingerprint density at radius 3 is 2.63 bits per heavy atom. The zero-order chi connectivity index (χ0) is 14.1. The van der Waals surface area contributed by atoms with E-state index in [0.29, 0.717) is 12.1 Å². The first-order valence-corrected chi connectivity index (χ1v) is 6.52. The van der Waals surface area contributed by atoms with Crippen molar-refractivity contribution in [3.05, 3.63) is 48.0 Å². The molecule has 1 aromatic rings. The lowest BCUT2D eigenvalue weighted by molar-refractivity contribution is -0.137. The zero-order valence-corrected chi connectivity index (χ0v) is 11.0. The lowest BCUT2D eigenvalue weighted by atomic mass is 10.1. The highest BCUT2D eigenvalue weighted by molar-refractivity contribution is 5.25. The predicted octanol–water partition coefficient (Wildman–Crippen LogP) is 4.54. The molecule has 1 aromatic carbocycles. The van der Waals surface area contributed by atoms with Gasteiger partial charge in [-0.25, -0.2) is 0 Å². The first-order valence-electron chi connectivity index (χ1n) is 6.52. The van der Waals surface area contributed by atoms with Gasteiger partial charge in [0, 0.05) is 6.54 Å². The van der Waals surface area contributed by atoms with Crippen LogP contribution in [0.15, 0.2) is 36.9 Å². The molecule has 0 saturated heterocycles. The van der Waals surface area contributed by atoms with Crippen molar-refractivity contribution in [1.82, 2.24) is 5.32 Å². The molecule has 0 aliphatic carbocycles. The molecule has 0 amide bonds. The second-order valence-electron chi connectivity index (χ2n) is 4.51. The highest BCUT2D eigenvalue weighted by atomic mass is 19.4. The van der Waals surface area contributed by atoms with Gasteiger partial charge in [-0.15, -0.1) is 6.58 Å². The van der Waals surface area contributed by atoms with Crippen molar-refractivity contribution >= 4 is 0 Å². The van der Waals surface area contributed by atoms with E-state index < -0.39 is 11.7 Å². The highest BCUT2D eigenvalue weighted by Crippen LogP contribution is 2.29. The summed E-state index contributed by atoms with van der Waals surface area (Å²) in [7, 11) is 0. The molecule has 0 aliphatic rings. The van der Waals surface area contributed by atoms with E-state index >= 15 is 0 Å². The summed E-state index contributed by atoms with van der Waals surface area (Å²) in [5, 5.41) is 3.16. The second-order valence-corrected chi connectivity index (χ2v) is 4.51. The van der Waals surface area contributed by atoms with E-state index in [9.17, 15) is 13.2 Å². The monoisotopic (exact) mass is 271 g/mol. The van der Waals surface area contributed by atoms with Crippen LogP contribution in [0.3, 0.4) is 0 Å². The van der Waals surface area contributed by atoms with Crippen LogP contribution in [0.25, 0.3) is 0 Å². The Balaban J connectivity index is 2.28. The van der Waals surface area contributed by atoms with Gasteiger partial charge in [-0.3, -0.25) is 0 Å².